The van der Waals surface area contributed by atoms with E-state index < -0.39 is 0 Å². The number of aromatic nitrogens is 6. The van der Waals surface area contributed by atoms with Crippen molar-refractivity contribution in [2.75, 3.05) is 0 Å². The van der Waals surface area contributed by atoms with Crippen molar-refractivity contribution in [2.45, 2.75) is 6.42 Å². The molecular formula is C31H22N6O. The summed E-state index contributed by atoms with van der Waals surface area (Å²) in [5, 5.41) is 5.84. The molecule has 0 amide bonds. The lowest BCUT2D eigenvalue weighted by atomic mass is 9.99. The second kappa shape index (κ2) is 8.97. The number of pyridine rings is 1. The summed E-state index contributed by atoms with van der Waals surface area (Å²) in [6, 6.07) is 29.8. The summed E-state index contributed by atoms with van der Waals surface area (Å²) in [5.41, 5.74) is 6.98. The maximum atomic E-state index is 14.3. The zero-order valence-electron chi connectivity index (χ0n) is 20.3. The zero-order chi connectivity index (χ0) is 25.5. The van der Waals surface area contributed by atoms with E-state index in [0.29, 0.717) is 17.6 Å². The van der Waals surface area contributed by atoms with Crippen molar-refractivity contribution in [3.8, 4) is 33.5 Å². The summed E-state index contributed by atoms with van der Waals surface area (Å²) in [6.45, 7) is 0. The van der Waals surface area contributed by atoms with Crippen molar-refractivity contribution in [3.63, 3.8) is 0 Å². The van der Waals surface area contributed by atoms with Crippen LogP contribution in [0.5, 0.6) is 0 Å². The fourth-order valence-corrected chi connectivity index (χ4v) is 5.02. The Morgan fingerprint density at radius 2 is 1.53 bits per heavy atom. The van der Waals surface area contributed by atoms with Gasteiger partial charge in [0.15, 0.2) is 0 Å². The number of hydrogen-bond donors (Lipinski definition) is 2. The highest BCUT2D eigenvalue weighted by atomic mass is 16.1. The Morgan fingerprint density at radius 1 is 0.737 bits per heavy atom. The highest BCUT2D eigenvalue weighted by Gasteiger charge is 2.23. The minimum absolute atomic E-state index is 0.192. The molecule has 38 heavy (non-hydrogen) atoms. The molecule has 0 radical (unpaired) electrons. The van der Waals surface area contributed by atoms with Gasteiger partial charge in [-0.25, -0.2) is 4.98 Å². The summed E-state index contributed by atoms with van der Waals surface area (Å²) >= 11 is 0. The van der Waals surface area contributed by atoms with Crippen LogP contribution in [-0.2, 0) is 6.42 Å². The molecular weight excluding hydrogens is 472 g/mol. The number of H-pyrrole nitrogens is 2. The summed E-state index contributed by atoms with van der Waals surface area (Å²) in [7, 11) is 0. The van der Waals surface area contributed by atoms with Crippen LogP contribution in [0, 0.1) is 0 Å². The Kier molecular flexibility index (Phi) is 5.18. The Morgan fingerprint density at radius 3 is 2.29 bits per heavy atom. The molecule has 3 aromatic carbocycles. The molecule has 0 aliphatic carbocycles. The van der Waals surface area contributed by atoms with Gasteiger partial charge in [0.2, 0.25) is 0 Å². The van der Waals surface area contributed by atoms with Crippen LogP contribution in [-0.4, -0.2) is 29.5 Å². The van der Waals surface area contributed by atoms with Gasteiger partial charge in [0, 0.05) is 41.7 Å². The van der Waals surface area contributed by atoms with E-state index in [-0.39, 0.29) is 5.56 Å². The molecule has 0 fully saturated rings. The summed E-state index contributed by atoms with van der Waals surface area (Å²) in [5.74, 6) is 0.762. The summed E-state index contributed by atoms with van der Waals surface area (Å²) in [4.78, 5) is 29.9. The first kappa shape index (κ1) is 21.9. The van der Waals surface area contributed by atoms with Crippen LogP contribution in [0.15, 0.2) is 114 Å². The van der Waals surface area contributed by atoms with E-state index in [2.05, 4.69) is 19.9 Å². The Hall–Kier alpha value is -5.30. The smallest absolute Gasteiger partial charge is 0.282 e. The lowest BCUT2D eigenvalue weighted by Crippen LogP contribution is -2.20. The molecule has 0 spiro atoms. The molecule has 0 aliphatic rings. The number of fused-ring (bicyclic) bond motifs is 2. The normalized spacial score (nSPS) is 11.4. The maximum Gasteiger partial charge on any atom is 0.282 e. The van der Waals surface area contributed by atoms with E-state index in [9.17, 15) is 4.79 Å². The Balaban J connectivity index is 1.56. The van der Waals surface area contributed by atoms with E-state index in [1.165, 1.54) is 4.52 Å². The molecule has 4 heterocycles. The summed E-state index contributed by atoms with van der Waals surface area (Å²) < 4.78 is 1.50. The third-order valence-corrected chi connectivity index (χ3v) is 6.76. The van der Waals surface area contributed by atoms with Gasteiger partial charge < -0.3 is 9.97 Å². The molecule has 0 saturated heterocycles. The van der Waals surface area contributed by atoms with Gasteiger partial charge in [-0.1, -0.05) is 72.8 Å². The fraction of sp³-hybridized carbons (Fsp3) is 0.0323. The van der Waals surface area contributed by atoms with Gasteiger partial charge in [-0.05, 0) is 29.3 Å². The van der Waals surface area contributed by atoms with Crippen LogP contribution >= 0.6 is 0 Å². The SMILES string of the molecule is O=c1c(-c2ccc3ncccc3c2)c(Cc2ncc[nH]2)[nH]c2c(-c3ccccc3)c(-c3ccccc3)nn12. The van der Waals surface area contributed by atoms with Crippen LogP contribution in [0.1, 0.15) is 11.5 Å². The first-order valence-corrected chi connectivity index (χ1v) is 12.4. The highest BCUT2D eigenvalue weighted by molar-refractivity contribution is 5.91. The average Bonchev–Trinajstić information content (AvgIpc) is 3.62. The lowest BCUT2D eigenvalue weighted by Gasteiger charge is -2.11. The van der Waals surface area contributed by atoms with E-state index in [1.807, 2.05) is 91.0 Å². The van der Waals surface area contributed by atoms with E-state index >= 15 is 0 Å². The number of hydrogen-bond acceptors (Lipinski definition) is 4. The van der Waals surface area contributed by atoms with Gasteiger partial charge in [0.05, 0.1) is 16.6 Å². The molecule has 2 N–H and O–H groups in total. The van der Waals surface area contributed by atoms with Gasteiger partial charge in [-0.3, -0.25) is 9.78 Å². The van der Waals surface area contributed by atoms with Gasteiger partial charge in [0.1, 0.15) is 17.2 Å². The van der Waals surface area contributed by atoms with Crippen LogP contribution in [0.4, 0.5) is 0 Å². The van der Waals surface area contributed by atoms with Crippen molar-refractivity contribution >= 4 is 16.6 Å². The monoisotopic (exact) mass is 494 g/mol. The van der Waals surface area contributed by atoms with E-state index in [1.54, 1.807) is 18.6 Å². The van der Waals surface area contributed by atoms with Crippen molar-refractivity contribution in [1.29, 1.82) is 0 Å². The molecule has 0 saturated carbocycles. The number of nitrogens with one attached hydrogen (secondary N) is 2. The predicted octanol–water partition coefficient (Wildman–Crippen LogP) is 5.89. The first-order valence-electron chi connectivity index (χ1n) is 12.4. The zero-order valence-corrected chi connectivity index (χ0v) is 20.3. The fourth-order valence-electron chi connectivity index (χ4n) is 5.02. The van der Waals surface area contributed by atoms with Crippen LogP contribution < -0.4 is 5.56 Å². The summed E-state index contributed by atoms with van der Waals surface area (Å²) in [6.07, 6.45) is 5.70. The van der Waals surface area contributed by atoms with Crippen molar-refractivity contribution < 1.29 is 0 Å². The molecule has 7 heteroatoms. The Bertz CT molecular complexity index is 1960. The lowest BCUT2D eigenvalue weighted by molar-refractivity contribution is 0.878. The topological polar surface area (TPSA) is 91.7 Å². The highest BCUT2D eigenvalue weighted by Crippen LogP contribution is 2.35. The third kappa shape index (κ3) is 3.69. The van der Waals surface area contributed by atoms with Crippen LogP contribution in [0.2, 0.25) is 0 Å². The van der Waals surface area contributed by atoms with Crippen molar-refractivity contribution in [1.82, 2.24) is 29.5 Å². The average molecular weight is 495 g/mol. The van der Waals surface area contributed by atoms with Crippen LogP contribution in [0.25, 0.3) is 50.1 Å². The maximum absolute atomic E-state index is 14.3. The van der Waals surface area contributed by atoms with Gasteiger partial charge >= 0.3 is 0 Å². The van der Waals surface area contributed by atoms with Gasteiger partial charge in [0.25, 0.3) is 5.56 Å². The molecule has 182 valence electrons. The third-order valence-electron chi connectivity index (χ3n) is 6.76. The van der Waals surface area contributed by atoms with Gasteiger partial charge in [-0.2, -0.15) is 9.61 Å². The van der Waals surface area contributed by atoms with E-state index in [4.69, 9.17) is 5.10 Å². The molecule has 0 aliphatic heterocycles. The quantitative estimate of drug-likeness (QED) is 0.312. The van der Waals surface area contributed by atoms with Gasteiger partial charge in [-0.15, -0.1) is 0 Å². The number of rotatable bonds is 5. The molecule has 0 atom stereocenters. The molecule has 4 aromatic heterocycles. The second-order valence-corrected chi connectivity index (χ2v) is 9.12. The molecule has 7 nitrogen and oxygen atoms in total. The number of imidazole rings is 1. The van der Waals surface area contributed by atoms with E-state index in [0.717, 1.165) is 50.4 Å². The number of aromatic amines is 2. The number of benzene rings is 3. The minimum atomic E-state index is -0.192. The Labute approximate surface area is 217 Å². The minimum Gasteiger partial charge on any atom is -0.348 e. The predicted molar refractivity (Wildman–Crippen MR) is 149 cm³/mol. The van der Waals surface area contributed by atoms with Crippen LogP contribution in [0.3, 0.4) is 0 Å². The molecule has 0 unspecified atom stereocenters. The number of nitrogens with zero attached hydrogens (tertiary/aromatic N) is 4. The standard InChI is InChI=1S/C31H22N6O/c38-31-27(23-13-14-24-22(18-23)12-7-15-32-24)25(19-26-33-16-17-34-26)35-30-28(20-8-3-1-4-9-20)29(36-37(30)31)21-10-5-2-6-11-21/h1-18,35H,19H2,(H,33,34). The van der Waals surface area contributed by atoms with Crippen molar-refractivity contribution in [3.05, 3.63) is 131 Å². The molecule has 7 aromatic rings. The van der Waals surface area contributed by atoms with Crippen molar-refractivity contribution in [2.24, 2.45) is 0 Å². The largest absolute Gasteiger partial charge is 0.348 e. The molecule has 7 rings (SSSR count). The molecule has 0 bridgehead atoms. The first-order chi connectivity index (χ1) is 18.8. The second-order valence-electron chi connectivity index (χ2n) is 9.12.